The summed E-state index contributed by atoms with van der Waals surface area (Å²) in [6.07, 6.45) is 1.26. The number of carbonyl (C=O) groups excluding carboxylic acids is 2. The summed E-state index contributed by atoms with van der Waals surface area (Å²) in [7, 11) is -3.47. The molecule has 1 fully saturated rings. The van der Waals surface area contributed by atoms with Gasteiger partial charge in [0.25, 0.3) is 0 Å². The lowest BCUT2D eigenvalue weighted by atomic mass is 9.67. The van der Waals surface area contributed by atoms with E-state index in [-0.39, 0.29) is 29.9 Å². The van der Waals surface area contributed by atoms with Crippen molar-refractivity contribution in [3.05, 3.63) is 69.7 Å². The Hall–Kier alpha value is -1.89. The number of likely N-dealkylation sites (tertiary alicyclic amines) is 1. The highest BCUT2D eigenvalue weighted by molar-refractivity contribution is 7.92. The van der Waals surface area contributed by atoms with Gasteiger partial charge in [-0.05, 0) is 61.6 Å². The van der Waals surface area contributed by atoms with Crippen LogP contribution in [-0.4, -0.2) is 42.6 Å². The molecule has 2 aromatic carbocycles. The summed E-state index contributed by atoms with van der Waals surface area (Å²) < 4.78 is 26.3. The molecule has 1 aliphatic heterocycles. The fourth-order valence-corrected chi connectivity index (χ4v) is 6.87. The third-order valence-electron chi connectivity index (χ3n) is 7.37. The number of aldehydes is 1. The van der Waals surface area contributed by atoms with Crippen molar-refractivity contribution in [1.82, 2.24) is 4.90 Å². The van der Waals surface area contributed by atoms with Crippen LogP contribution in [0.15, 0.2) is 48.5 Å². The Labute approximate surface area is 225 Å². The van der Waals surface area contributed by atoms with E-state index in [2.05, 4.69) is 0 Å². The topological polar surface area (TPSA) is 71.5 Å². The molecule has 1 heterocycles. The van der Waals surface area contributed by atoms with E-state index in [1.807, 2.05) is 44.2 Å². The average Bonchev–Trinajstić information content (AvgIpc) is 2.80. The molecule has 196 valence electrons. The molecule has 5 nitrogen and oxygen atoms in total. The third-order valence-corrected chi connectivity index (χ3v) is 10.1. The van der Waals surface area contributed by atoms with Gasteiger partial charge in [0.2, 0.25) is 5.91 Å². The zero-order valence-electron chi connectivity index (χ0n) is 21.4. The Morgan fingerprint density at radius 2 is 1.67 bits per heavy atom. The fourth-order valence-electron chi connectivity index (χ4n) is 5.14. The van der Waals surface area contributed by atoms with Crippen LogP contribution >= 0.6 is 23.2 Å². The molecule has 0 unspecified atom stereocenters. The van der Waals surface area contributed by atoms with Crippen LogP contribution in [0.25, 0.3) is 0 Å². The number of rotatable bonds is 9. The number of hydrogen-bond acceptors (Lipinski definition) is 4. The zero-order valence-corrected chi connectivity index (χ0v) is 23.8. The number of sulfone groups is 1. The predicted molar refractivity (Wildman–Crippen MR) is 146 cm³/mol. The SMILES string of the molecule is CC(C)[C@@H](CS(=O)(=O)C(C)C)N1C(=O)[C@@](C)(CC=O)C[C@H](c2cccc(Cl)c2)[C@H]1c1ccc(Cl)cc1. The molecule has 1 amide bonds. The molecule has 0 radical (unpaired) electrons. The van der Waals surface area contributed by atoms with Gasteiger partial charge in [0.1, 0.15) is 6.29 Å². The molecule has 0 N–H and O–H groups in total. The lowest BCUT2D eigenvalue weighted by Gasteiger charge is -2.52. The lowest BCUT2D eigenvalue weighted by Crippen LogP contribution is -2.58. The summed E-state index contributed by atoms with van der Waals surface area (Å²) in [6, 6.07) is 13.8. The maximum atomic E-state index is 14.3. The van der Waals surface area contributed by atoms with Crippen LogP contribution in [-0.2, 0) is 19.4 Å². The Bertz CT molecular complexity index is 1200. The monoisotopic (exact) mass is 551 g/mol. The molecule has 0 saturated carbocycles. The highest BCUT2D eigenvalue weighted by atomic mass is 35.5. The van der Waals surface area contributed by atoms with Crippen molar-refractivity contribution in [3.8, 4) is 0 Å². The molecule has 8 heteroatoms. The van der Waals surface area contributed by atoms with Crippen LogP contribution < -0.4 is 0 Å². The minimum atomic E-state index is -3.47. The molecule has 2 aromatic rings. The number of halogens is 2. The molecule has 0 aromatic heterocycles. The van der Waals surface area contributed by atoms with E-state index in [9.17, 15) is 18.0 Å². The first-order valence-corrected chi connectivity index (χ1v) is 14.8. The molecule has 0 aliphatic carbocycles. The van der Waals surface area contributed by atoms with Crippen LogP contribution in [0.2, 0.25) is 10.0 Å². The summed E-state index contributed by atoms with van der Waals surface area (Å²) in [5, 5.41) is 0.573. The first kappa shape index (κ1) is 28.7. The number of amides is 1. The summed E-state index contributed by atoms with van der Waals surface area (Å²) in [5.41, 5.74) is 0.816. The fraction of sp³-hybridized carbons (Fsp3) is 0.500. The molecule has 0 spiro atoms. The van der Waals surface area contributed by atoms with Crippen molar-refractivity contribution in [2.75, 3.05) is 5.75 Å². The average molecular weight is 553 g/mol. The van der Waals surface area contributed by atoms with Crippen molar-refractivity contribution in [2.45, 2.75) is 70.7 Å². The van der Waals surface area contributed by atoms with E-state index < -0.39 is 32.6 Å². The van der Waals surface area contributed by atoms with Crippen molar-refractivity contribution in [2.24, 2.45) is 11.3 Å². The van der Waals surface area contributed by atoms with E-state index in [0.717, 1.165) is 17.4 Å². The largest absolute Gasteiger partial charge is 0.330 e. The van der Waals surface area contributed by atoms with Crippen LogP contribution in [0.1, 0.15) is 70.5 Å². The van der Waals surface area contributed by atoms with Crippen LogP contribution in [0.3, 0.4) is 0 Å². The van der Waals surface area contributed by atoms with Crippen LogP contribution in [0.5, 0.6) is 0 Å². The molecule has 1 saturated heterocycles. The van der Waals surface area contributed by atoms with Gasteiger partial charge in [-0.2, -0.15) is 0 Å². The first-order valence-electron chi connectivity index (χ1n) is 12.3. The smallest absolute Gasteiger partial charge is 0.229 e. The maximum absolute atomic E-state index is 14.3. The molecule has 4 atom stereocenters. The Morgan fingerprint density at radius 3 is 2.19 bits per heavy atom. The highest BCUT2D eigenvalue weighted by Crippen LogP contribution is 2.52. The van der Waals surface area contributed by atoms with Gasteiger partial charge in [-0.15, -0.1) is 0 Å². The Balaban J connectivity index is 2.29. The van der Waals surface area contributed by atoms with E-state index >= 15 is 0 Å². The minimum absolute atomic E-state index is 0.0501. The molecular formula is C28H35Cl2NO4S. The van der Waals surface area contributed by atoms with Gasteiger partial charge in [-0.25, -0.2) is 8.42 Å². The Kier molecular flexibility index (Phi) is 8.95. The van der Waals surface area contributed by atoms with E-state index in [1.54, 1.807) is 43.9 Å². The van der Waals surface area contributed by atoms with Crippen LogP contribution in [0.4, 0.5) is 0 Å². The van der Waals surface area contributed by atoms with Gasteiger partial charge >= 0.3 is 0 Å². The summed E-state index contributed by atoms with van der Waals surface area (Å²) >= 11 is 12.6. The number of hydrogen-bond donors (Lipinski definition) is 0. The second-order valence-corrected chi connectivity index (χ2v) is 14.2. The second-order valence-electron chi connectivity index (χ2n) is 10.7. The van der Waals surface area contributed by atoms with E-state index in [4.69, 9.17) is 23.2 Å². The number of nitrogens with zero attached hydrogens (tertiary/aromatic N) is 1. The predicted octanol–water partition coefficient (Wildman–Crippen LogP) is 6.49. The third kappa shape index (κ3) is 5.98. The van der Waals surface area contributed by atoms with Crippen molar-refractivity contribution < 1.29 is 18.0 Å². The van der Waals surface area contributed by atoms with Gasteiger partial charge in [0, 0.05) is 28.4 Å². The summed E-state index contributed by atoms with van der Waals surface area (Å²) in [4.78, 5) is 27.7. The quantitative estimate of drug-likeness (QED) is 0.333. The van der Waals surface area contributed by atoms with Crippen molar-refractivity contribution in [3.63, 3.8) is 0 Å². The number of carbonyl (C=O) groups is 2. The summed E-state index contributed by atoms with van der Waals surface area (Å²) in [6.45, 7) is 9.00. The van der Waals surface area contributed by atoms with Gasteiger partial charge in [-0.1, -0.05) is 68.2 Å². The van der Waals surface area contributed by atoms with Gasteiger partial charge in [0.15, 0.2) is 9.84 Å². The van der Waals surface area contributed by atoms with Gasteiger partial charge in [0.05, 0.1) is 22.5 Å². The first-order chi connectivity index (χ1) is 16.8. The normalized spacial score (nSPS) is 23.8. The zero-order chi connectivity index (χ0) is 26.8. The second kappa shape index (κ2) is 11.2. The van der Waals surface area contributed by atoms with Crippen molar-refractivity contribution in [1.29, 1.82) is 0 Å². The standard InChI is InChI=1S/C28H35Cl2NO4S/c1-18(2)25(17-36(34,35)19(3)4)31-26(20-9-11-22(29)12-10-20)24(21-7-6-8-23(30)15-21)16-28(5,13-14-32)27(31)33/h6-12,14-15,18-19,24-26H,13,16-17H2,1-5H3/t24-,25-,26-,28+/m1/s1. The maximum Gasteiger partial charge on any atom is 0.229 e. The molecule has 1 aliphatic rings. The molecular weight excluding hydrogens is 517 g/mol. The molecule has 36 heavy (non-hydrogen) atoms. The highest BCUT2D eigenvalue weighted by Gasteiger charge is 2.52. The number of benzene rings is 2. The van der Waals surface area contributed by atoms with Crippen molar-refractivity contribution >= 4 is 45.2 Å². The summed E-state index contributed by atoms with van der Waals surface area (Å²) in [5.74, 6) is -0.714. The minimum Gasteiger partial charge on any atom is -0.330 e. The van der Waals surface area contributed by atoms with Gasteiger partial charge < -0.3 is 9.69 Å². The van der Waals surface area contributed by atoms with E-state index in [1.165, 1.54) is 0 Å². The Morgan fingerprint density at radius 1 is 1.03 bits per heavy atom. The number of piperidine rings is 1. The van der Waals surface area contributed by atoms with Crippen LogP contribution in [0, 0.1) is 11.3 Å². The lowest BCUT2D eigenvalue weighted by molar-refractivity contribution is -0.156. The molecule has 0 bridgehead atoms. The van der Waals surface area contributed by atoms with Gasteiger partial charge in [-0.3, -0.25) is 4.79 Å². The van der Waals surface area contributed by atoms with E-state index in [0.29, 0.717) is 16.5 Å². The molecule has 3 rings (SSSR count).